The first-order valence-corrected chi connectivity index (χ1v) is 8.80. The summed E-state index contributed by atoms with van der Waals surface area (Å²) in [6, 6.07) is 12.9. The Morgan fingerprint density at radius 3 is 1.32 bits per heavy atom. The number of benzene rings is 2. The zero-order valence-corrected chi connectivity index (χ0v) is 15.7. The van der Waals surface area contributed by atoms with Crippen LogP contribution in [0.4, 0.5) is 0 Å². The number of aliphatic hydroxyl groups excluding tert-OH is 2. The Hall–Kier alpha value is -3.54. The predicted molar refractivity (Wildman–Crippen MR) is 106 cm³/mol. The fourth-order valence-corrected chi connectivity index (χ4v) is 2.33. The molecule has 0 saturated heterocycles. The molecule has 0 aromatic heterocycles. The van der Waals surface area contributed by atoms with Crippen molar-refractivity contribution < 1.29 is 29.3 Å². The second kappa shape index (κ2) is 9.97. The number of carbonyl (C=O) groups is 2. The topological polar surface area (TPSA) is 93.1 Å². The molecule has 2 rings (SSSR count). The van der Waals surface area contributed by atoms with Gasteiger partial charge in [-0.3, -0.25) is 9.59 Å². The fourth-order valence-electron chi connectivity index (χ4n) is 2.33. The fraction of sp³-hybridized carbons (Fsp3) is 0.182. The van der Waals surface area contributed by atoms with Gasteiger partial charge in [0.05, 0.1) is 13.2 Å². The second-order valence-electron chi connectivity index (χ2n) is 5.70. The van der Waals surface area contributed by atoms with E-state index in [4.69, 9.17) is 9.47 Å². The molecule has 146 valence electrons. The lowest BCUT2D eigenvalue weighted by Gasteiger charge is -2.05. The van der Waals surface area contributed by atoms with Crippen LogP contribution < -0.4 is 9.47 Å². The van der Waals surface area contributed by atoms with E-state index in [2.05, 4.69) is 0 Å². The van der Waals surface area contributed by atoms with Crippen LogP contribution in [0.25, 0.3) is 11.5 Å². The van der Waals surface area contributed by atoms with Gasteiger partial charge in [0.15, 0.2) is 0 Å². The van der Waals surface area contributed by atoms with E-state index in [9.17, 15) is 19.8 Å². The highest BCUT2D eigenvalue weighted by Crippen LogP contribution is 2.19. The minimum Gasteiger partial charge on any atom is -0.507 e. The normalized spacial score (nSPS) is 11.8. The molecular weight excluding hydrogens is 360 g/mol. The molecule has 0 aliphatic rings. The van der Waals surface area contributed by atoms with Crippen molar-refractivity contribution in [1.29, 1.82) is 0 Å². The van der Waals surface area contributed by atoms with E-state index < -0.39 is 11.6 Å². The molecule has 2 aromatic carbocycles. The van der Waals surface area contributed by atoms with Crippen LogP contribution in [-0.2, 0) is 9.59 Å². The SMILES string of the molecule is CCOc1ccc(/C(O)=C\C(=O)C(=O)/C=C(/O)c2ccc(OCC)cc2)cc1. The van der Waals surface area contributed by atoms with Crippen molar-refractivity contribution in [2.45, 2.75) is 13.8 Å². The van der Waals surface area contributed by atoms with E-state index in [0.29, 0.717) is 35.8 Å². The van der Waals surface area contributed by atoms with Crippen LogP contribution in [0.3, 0.4) is 0 Å². The second-order valence-corrected chi connectivity index (χ2v) is 5.70. The molecule has 0 spiro atoms. The van der Waals surface area contributed by atoms with Crippen LogP contribution in [0.5, 0.6) is 11.5 Å². The van der Waals surface area contributed by atoms with Crippen molar-refractivity contribution in [3.05, 3.63) is 71.8 Å². The van der Waals surface area contributed by atoms with Gasteiger partial charge in [0.25, 0.3) is 0 Å². The van der Waals surface area contributed by atoms with Crippen LogP contribution in [0, 0.1) is 0 Å². The zero-order valence-electron chi connectivity index (χ0n) is 15.7. The van der Waals surface area contributed by atoms with Crippen molar-refractivity contribution in [3.63, 3.8) is 0 Å². The number of allylic oxidation sites excluding steroid dienone is 2. The van der Waals surface area contributed by atoms with Gasteiger partial charge in [-0.2, -0.15) is 0 Å². The summed E-state index contributed by atoms with van der Waals surface area (Å²) in [7, 11) is 0. The Morgan fingerprint density at radius 2 is 1.04 bits per heavy atom. The summed E-state index contributed by atoms with van der Waals surface area (Å²) in [6.45, 7) is 4.73. The lowest BCUT2D eigenvalue weighted by Crippen LogP contribution is -2.09. The summed E-state index contributed by atoms with van der Waals surface area (Å²) in [5.74, 6) is -1.35. The monoisotopic (exact) mass is 382 g/mol. The van der Waals surface area contributed by atoms with Gasteiger partial charge in [-0.1, -0.05) is 0 Å². The molecule has 0 amide bonds. The van der Waals surface area contributed by atoms with Crippen molar-refractivity contribution in [2.75, 3.05) is 13.2 Å². The third-order valence-corrected chi connectivity index (χ3v) is 3.70. The standard InChI is InChI=1S/C22H22O6/c1-3-27-17-9-5-15(6-10-17)19(23)13-21(25)22(26)14-20(24)16-7-11-18(12-8-16)28-4-2/h5-14,23-24H,3-4H2,1-2H3/b19-13+,20-14+. The van der Waals surface area contributed by atoms with Crippen LogP contribution in [0.1, 0.15) is 25.0 Å². The maximum atomic E-state index is 12.0. The van der Waals surface area contributed by atoms with Gasteiger partial charge in [-0.15, -0.1) is 0 Å². The highest BCUT2D eigenvalue weighted by Gasteiger charge is 2.13. The summed E-state index contributed by atoms with van der Waals surface area (Å²) < 4.78 is 10.6. The average Bonchev–Trinajstić information content (AvgIpc) is 2.69. The van der Waals surface area contributed by atoms with Crippen LogP contribution in [-0.4, -0.2) is 35.0 Å². The molecule has 6 nitrogen and oxygen atoms in total. The lowest BCUT2D eigenvalue weighted by atomic mass is 10.1. The van der Waals surface area contributed by atoms with Crippen molar-refractivity contribution in [2.24, 2.45) is 0 Å². The summed E-state index contributed by atoms with van der Waals surface area (Å²) in [5.41, 5.74) is 0.730. The van der Waals surface area contributed by atoms with Crippen molar-refractivity contribution in [3.8, 4) is 11.5 Å². The molecule has 0 saturated carbocycles. The molecule has 0 aliphatic heterocycles. The molecule has 0 heterocycles. The Bertz CT molecular complexity index is 801. The molecule has 0 bridgehead atoms. The van der Waals surface area contributed by atoms with Crippen molar-refractivity contribution in [1.82, 2.24) is 0 Å². The minimum atomic E-state index is -0.955. The van der Waals surface area contributed by atoms with Gasteiger partial charge in [-0.05, 0) is 62.4 Å². The quantitative estimate of drug-likeness (QED) is 0.385. The van der Waals surface area contributed by atoms with E-state index in [-0.39, 0.29) is 11.5 Å². The number of rotatable bonds is 9. The third-order valence-electron chi connectivity index (χ3n) is 3.70. The van der Waals surface area contributed by atoms with Crippen LogP contribution >= 0.6 is 0 Å². The molecule has 0 radical (unpaired) electrons. The lowest BCUT2D eigenvalue weighted by molar-refractivity contribution is -0.130. The molecule has 0 atom stereocenters. The van der Waals surface area contributed by atoms with Gasteiger partial charge in [0, 0.05) is 23.3 Å². The van der Waals surface area contributed by atoms with E-state index in [0.717, 1.165) is 12.2 Å². The maximum absolute atomic E-state index is 12.0. The maximum Gasteiger partial charge on any atom is 0.229 e. The Kier molecular flexibility index (Phi) is 7.39. The van der Waals surface area contributed by atoms with E-state index in [1.54, 1.807) is 48.5 Å². The van der Waals surface area contributed by atoms with Crippen LogP contribution in [0.15, 0.2) is 60.7 Å². The van der Waals surface area contributed by atoms with Gasteiger partial charge in [-0.25, -0.2) is 0 Å². The Morgan fingerprint density at radius 1 is 0.714 bits per heavy atom. The van der Waals surface area contributed by atoms with Crippen molar-refractivity contribution >= 4 is 23.1 Å². The molecule has 2 aromatic rings. The molecule has 0 unspecified atom stereocenters. The average molecular weight is 382 g/mol. The summed E-state index contributed by atoms with van der Waals surface area (Å²) in [4.78, 5) is 24.0. The number of carbonyl (C=O) groups excluding carboxylic acids is 2. The Labute approximate surface area is 163 Å². The Balaban J connectivity index is 2.08. The number of ketones is 2. The summed E-state index contributed by atoms with van der Waals surface area (Å²) in [6.07, 6.45) is 1.64. The first-order chi connectivity index (χ1) is 13.4. The van der Waals surface area contributed by atoms with E-state index in [1.807, 2.05) is 13.8 Å². The number of ether oxygens (including phenoxy) is 2. The van der Waals surface area contributed by atoms with E-state index in [1.165, 1.54) is 0 Å². The third kappa shape index (κ3) is 5.74. The highest BCUT2D eigenvalue weighted by atomic mass is 16.5. The number of aliphatic hydroxyl groups is 2. The first kappa shape index (κ1) is 20.8. The van der Waals surface area contributed by atoms with Crippen LogP contribution in [0.2, 0.25) is 0 Å². The van der Waals surface area contributed by atoms with Gasteiger partial charge in [0.2, 0.25) is 11.6 Å². The first-order valence-electron chi connectivity index (χ1n) is 8.80. The van der Waals surface area contributed by atoms with Gasteiger partial charge >= 0.3 is 0 Å². The summed E-state index contributed by atoms with van der Waals surface area (Å²) >= 11 is 0. The van der Waals surface area contributed by atoms with Gasteiger partial charge in [0.1, 0.15) is 23.0 Å². The molecule has 28 heavy (non-hydrogen) atoms. The molecule has 2 N–H and O–H groups in total. The molecule has 6 heteroatoms. The number of hydrogen-bond donors (Lipinski definition) is 2. The summed E-state index contributed by atoms with van der Waals surface area (Å²) in [5, 5.41) is 20.1. The largest absolute Gasteiger partial charge is 0.507 e. The molecular formula is C22H22O6. The smallest absolute Gasteiger partial charge is 0.229 e. The van der Waals surface area contributed by atoms with E-state index >= 15 is 0 Å². The molecule has 0 aliphatic carbocycles. The molecule has 0 fully saturated rings. The highest BCUT2D eigenvalue weighted by molar-refractivity contribution is 6.47. The number of hydrogen-bond acceptors (Lipinski definition) is 6. The minimum absolute atomic E-state index is 0.352. The predicted octanol–water partition coefficient (Wildman–Crippen LogP) is 4.12. The van der Waals surface area contributed by atoms with Gasteiger partial charge < -0.3 is 19.7 Å². The zero-order chi connectivity index (χ0) is 20.5.